The van der Waals surface area contributed by atoms with Crippen molar-refractivity contribution in [1.29, 1.82) is 0 Å². The van der Waals surface area contributed by atoms with E-state index >= 15 is 0 Å². The van der Waals surface area contributed by atoms with Crippen molar-refractivity contribution in [3.8, 4) is 0 Å². The topological polar surface area (TPSA) is 0 Å². The largest absolute Gasteiger partial charge is 0.0596 e. The van der Waals surface area contributed by atoms with Gasteiger partial charge in [-0.15, -0.1) is 0 Å². The Bertz CT molecular complexity index is 169. The maximum atomic E-state index is 2.50. The van der Waals surface area contributed by atoms with Gasteiger partial charge >= 0.3 is 0 Å². The molecule has 0 aromatic carbocycles. The van der Waals surface area contributed by atoms with Crippen molar-refractivity contribution in [1.82, 2.24) is 0 Å². The van der Waals surface area contributed by atoms with E-state index in [4.69, 9.17) is 0 Å². The first-order valence-corrected chi connectivity index (χ1v) is 4.73. The van der Waals surface area contributed by atoms with Gasteiger partial charge in [-0.3, -0.25) is 0 Å². The highest BCUT2D eigenvalue weighted by Crippen LogP contribution is 2.74. The molecule has 4 fully saturated rings. The number of hydrogen-bond donors (Lipinski definition) is 0. The van der Waals surface area contributed by atoms with Crippen molar-refractivity contribution in [2.24, 2.45) is 16.7 Å². The quantitative estimate of drug-likeness (QED) is 0.480. The van der Waals surface area contributed by atoms with E-state index < -0.39 is 0 Å². The van der Waals surface area contributed by atoms with Crippen LogP contribution in [-0.4, -0.2) is 0 Å². The third-order valence-electron chi connectivity index (χ3n) is 4.39. The van der Waals surface area contributed by atoms with Crippen LogP contribution in [0.25, 0.3) is 0 Å². The number of rotatable bonds is 0. The standard InChI is InChI=1S/C10H16/c1-9-5-8-3-2-4-10(8,6-9)7-9/h8H,2-7H2,1H3. The molecule has 0 aliphatic heterocycles. The van der Waals surface area contributed by atoms with Crippen molar-refractivity contribution >= 4 is 0 Å². The van der Waals surface area contributed by atoms with Crippen LogP contribution in [0.4, 0.5) is 0 Å². The fourth-order valence-corrected chi connectivity index (χ4v) is 4.38. The lowest BCUT2D eigenvalue weighted by molar-refractivity contribution is 0.0537. The predicted molar refractivity (Wildman–Crippen MR) is 41.7 cm³/mol. The Morgan fingerprint density at radius 2 is 2.10 bits per heavy atom. The molecule has 4 aliphatic carbocycles. The van der Waals surface area contributed by atoms with Gasteiger partial charge < -0.3 is 0 Å². The summed E-state index contributed by atoms with van der Waals surface area (Å²) in [6.45, 7) is 2.50. The predicted octanol–water partition coefficient (Wildman–Crippen LogP) is 2.98. The second-order valence-corrected chi connectivity index (χ2v) is 5.32. The monoisotopic (exact) mass is 136 g/mol. The minimum atomic E-state index is 0.824. The summed E-state index contributed by atoms with van der Waals surface area (Å²) in [7, 11) is 0. The minimum absolute atomic E-state index is 0.824. The average molecular weight is 136 g/mol. The molecule has 0 heterocycles. The Kier molecular flexibility index (Phi) is 0.735. The Hall–Kier alpha value is 0. The first-order valence-electron chi connectivity index (χ1n) is 4.73. The van der Waals surface area contributed by atoms with E-state index in [1.165, 1.54) is 0 Å². The molecule has 0 saturated heterocycles. The van der Waals surface area contributed by atoms with Gasteiger partial charge in [-0.05, 0) is 48.9 Å². The highest BCUT2D eigenvalue weighted by atomic mass is 14.7. The molecule has 0 heteroatoms. The van der Waals surface area contributed by atoms with Crippen LogP contribution < -0.4 is 0 Å². The van der Waals surface area contributed by atoms with Crippen molar-refractivity contribution in [3.63, 3.8) is 0 Å². The van der Waals surface area contributed by atoms with Gasteiger partial charge in [0.2, 0.25) is 0 Å². The summed E-state index contributed by atoms with van der Waals surface area (Å²) < 4.78 is 0. The van der Waals surface area contributed by atoms with E-state index in [-0.39, 0.29) is 0 Å². The lowest BCUT2D eigenvalue weighted by atomic mass is 9.60. The van der Waals surface area contributed by atoms with E-state index in [0.29, 0.717) is 0 Å². The van der Waals surface area contributed by atoms with Crippen LogP contribution in [0.1, 0.15) is 45.4 Å². The molecule has 0 aromatic rings. The third-order valence-corrected chi connectivity index (χ3v) is 4.39. The van der Waals surface area contributed by atoms with Crippen LogP contribution in [-0.2, 0) is 0 Å². The summed E-state index contributed by atoms with van der Waals surface area (Å²) in [5.41, 5.74) is 1.74. The van der Waals surface area contributed by atoms with Crippen molar-refractivity contribution in [2.75, 3.05) is 0 Å². The minimum Gasteiger partial charge on any atom is -0.0596 e. The number of hydrogen-bond acceptors (Lipinski definition) is 0. The summed E-state index contributed by atoms with van der Waals surface area (Å²) in [5, 5.41) is 0. The molecule has 4 aliphatic rings. The molecule has 0 aromatic heterocycles. The van der Waals surface area contributed by atoms with Gasteiger partial charge in [0.15, 0.2) is 0 Å². The third kappa shape index (κ3) is 0.436. The first kappa shape index (κ1) is 5.62. The zero-order valence-corrected chi connectivity index (χ0v) is 6.82. The fourth-order valence-electron chi connectivity index (χ4n) is 4.38. The lowest BCUT2D eigenvalue weighted by Gasteiger charge is -2.45. The summed E-state index contributed by atoms with van der Waals surface area (Å²) >= 11 is 0. The first-order chi connectivity index (χ1) is 4.73. The van der Waals surface area contributed by atoms with Crippen LogP contribution >= 0.6 is 0 Å². The van der Waals surface area contributed by atoms with Gasteiger partial charge in [0.1, 0.15) is 0 Å². The molecule has 1 unspecified atom stereocenters. The maximum Gasteiger partial charge on any atom is -0.0259 e. The van der Waals surface area contributed by atoms with Gasteiger partial charge in [0, 0.05) is 0 Å². The summed E-state index contributed by atoms with van der Waals surface area (Å²) in [6, 6.07) is 0. The molecule has 4 rings (SSSR count). The van der Waals surface area contributed by atoms with Gasteiger partial charge in [0.05, 0.1) is 0 Å². The molecule has 56 valence electrons. The van der Waals surface area contributed by atoms with Crippen molar-refractivity contribution < 1.29 is 0 Å². The van der Waals surface area contributed by atoms with Crippen LogP contribution in [0.3, 0.4) is 0 Å². The van der Waals surface area contributed by atoms with Gasteiger partial charge in [-0.25, -0.2) is 0 Å². The average Bonchev–Trinajstić information content (AvgIpc) is 2.20. The molecule has 1 spiro atoms. The van der Waals surface area contributed by atoms with E-state index in [2.05, 4.69) is 6.92 Å². The molecular formula is C10H16. The zero-order chi connectivity index (χ0) is 6.82. The smallest absolute Gasteiger partial charge is 0.0259 e. The fraction of sp³-hybridized carbons (Fsp3) is 1.00. The van der Waals surface area contributed by atoms with Crippen LogP contribution in [0.15, 0.2) is 0 Å². The highest BCUT2D eigenvalue weighted by molar-refractivity contribution is 5.14. The molecule has 1 atom stereocenters. The summed E-state index contributed by atoms with van der Waals surface area (Å²) in [4.78, 5) is 0. The lowest BCUT2D eigenvalue weighted by Crippen LogP contribution is -2.35. The maximum absolute atomic E-state index is 2.50. The summed E-state index contributed by atoms with van der Waals surface area (Å²) in [5.74, 6) is 1.16. The Morgan fingerprint density at radius 1 is 1.30 bits per heavy atom. The second-order valence-electron chi connectivity index (χ2n) is 5.32. The van der Waals surface area contributed by atoms with Crippen molar-refractivity contribution in [3.05, 3.63) is 0 Å². The van der Waals surface area contributed by atoms with E-state index in [1.807, 2.05) is 0 Å². The molecule has 10 heavy (non-hydrogen) atoms. The highest BCUT2D eigenvalue weighted by Gasteiger charge is 2.64. The molecule has 0 N–H and O–H groups in total. The molecule has 0 radical (unpaired) electrons. The van der Waals surface area contributed by atoms with Gasteiger partial charge in [-0.1, -0.05) is 13.3 Å². The Balaban J connectivity index is 1.98. The normalized spacial score (nSPS) is 63.9. The van der Waals surface area contributed by atoms with Gasteiger partial charge in [0.25, 0.3) is 0 Å². The van der Waals surface area contributed by atoms with E-state index in [1.54, 1.807) is 38.5 Å². The van der Waals surface area contributed by atoms with Gasteiger partial charge in [-0.2, -0.15) is 0 Å². The molecule has 4 saturated carbocycles. The molecule has 0 amide bonds. The van der Waals surface area contributed by atoms with Crippen LogP contribution in [0.5, 0.6) is 0 Å². The van der Waals surface area contributed by atoms with Crippen LogP contribution in [0.2, 0.25) is 0 Å². The zero-order valence-electron chi connectivity index (χ0n) is 6.82. The SMILES string of the molecule is CC12CC3CCCC3(C1)C2. The van der Waals surface area contributed by atoms with E-state index in [0.717, 1.165) is 16.7 Å². The van der Waals surface area contributed by atoms with Crippen LogP contribution in [0, 0.1) is 16.7 Å². The molecule has 2 bridgehead atoms. The Morgan fingerprint density at radius 3 is 2.80 bits per heavy atom. The van der Waals surface area contributed by atoms with E-state index in [9.17, 15) is 0 Å². The Labute approximate surface area is 63.0 Å². The summed E-state index contributed by atoms with van der Waals surface area (Å²) in [6.07, 6.45) is 9.44. The second kappa shape index (κ2) is 1.31. The van der Waals surface area contributed by atoms with Crippen molar-refractivity contribution in [2.45, 2.75) is 45.4 Å². The molecule has 0 nitrogen and oxygen atoms in total. The molecular weight excluding hydrogens is 120 g/mol.